The summed E-state index contributed by atoms with van der Waals surface area (Å²) in [4.78, 5) is 0. The fourth-order valence-corrected chi connectivity index (χ4v) is 15.6. The Balaban J connectivity index is 0.000000394. The van der Waals surface area contributed by atoms with Crippen molar-refractivity contribution in [3.63, 3.8) is 0 Å². The molecular formula is C26H50P2Rh+2. The van der Waals surface area contributed by atoms with Crippen LogP contribution in [0.4, 0.5) is 0 Å². The zero-order valence-corrected chi connectivity index (χ0v) is 23.5. The second kappa shape index (κ2) is 16.6. The maximum absolute atomic E-state index is 2.46. The third-order valence-electron chi connectivity index (χ3n) is 7.83. The molecule has 2 fully saturated rings. The van der Waals surface area contributed by atoms with Crippen LogP contribution in [0.3, 0.4) is 0 Å². The molecule has 2 aliphatic heterocycles. The van der Waals surface area contributed by atoms with E-state index in [0.29, 0.717) is 0 Å². The minimum Gasteiger partial charge on any atom is -0.0882 e. The second-order valence-electron chi connectivity index (χ2n) is 9.32. The first-order valence-corrected chi connectivity index (χ1v) is 16.5. The molecule has 0 unspecified atom stereocenters. The predicted molar refractivity (Wildman–Crippen MR) is 138 cm³/mol. The molecule has 0 bridgehead atoms. The smallest absolute Gasteiger partial charge is 0.0882 e. The molecule has 2 saturated heterocycles. The maximum Gasteiger partial charge on any atom is 0.0910 e. The molecule has 1 aliphatic carbocycles. The Labute approximate surface area is 198 Å². The Bertz CT molecular complexity index is 384. The van der Waals surface area contributed by atoms with Gasteiger partial charge < -0.3 is 0 Å². The summed E-state index contributed by atoms with van der Waals surface area (Å²) in [6.45, 7) is 9.84. The number of hydrogen-bond donors (Lipinski definition) is 0. The second-order valence-corrected chi connectivity index (χ2v) is 15.9. The Hall–Kier alpha value is 0.963. The van der Waals surface area contributed by atoms with Crippen LogP contribution >= 0.6 is 15.8 Å². The molecule has 171 valence electrons. The van der Waals surface area contributed by atoms with Gasteiger partial charge in [0.25, 0.3) is 0 Å². The molecule has 4 atom stereocenters. The predicted octanol–water partition coefficient (Wildman–Crippen LogP) is 8.79. The van der Waals surface area contributed by atoms with Crippen LogP contribution in [-0.2, 0) is 19.5 Å². The van der Waals surface area contributed by atoms with Crippen LogP contribution in [-0.4, -0.2) is 35.0 Å². The van der Waals surface area contributed by atoms with E-state index in [-0.39, 0.29) is 35.3 Å². The first-order valence-electron chi connectivity index (χ1n) is 12.8. The summed E-state index contributed by atoms with van der Waals surface area (Å²) in [5.74, 6) is 0. The summed E-state index contributed by atoms with van der Waals surface area (Å²) in [7, 11) is -0.0294. The summed E-state index contributed by atoms with van der Waals surface area (Å²) in [6, 6.07) is 0. The molecule has 0 aromatic heterocycles. The summed E-state index contributed by atoms with van der Waals surface area (Å²) in [5.41, 5.74) is 4.70. The zero-order chi connectivity index (χ0) is 20.2. The van der Waals surface area contributed by atoms with Gasteiger partial charge in [-0.2, -0.15) is 0 Å². The van der Waals surface area contributed by atoms with Crippen LogP contribution < -0.4 is 0 Å². The quantitative estimate of drug-likeness (QED) is 0.176. The number of allylic oxidation sites excluding steroid dienone is 4. The third-order valence-corrected chi connectivity index (χ3v) is 17.0. The molecule has 2 heterocycles. The van der Waals surface area contributed by atoms with Crippen molar-refractivity contribution < 1.29 is 19.5 Å². The van der Waals surface area contributed by atoms with Crippen LogP contribution in [0.1, 0.15) is 105 Å². The largest absolute Gasteiger partial charge is 0.0910 e. The maximum atomic E-state index is 2.46. The van der Waals surface area contributed by atoms with Crippen molar-refractivity contribution in [2.75, 3.05) is 12.3 Å². The van der Waals surface area contributed by atoms with Crippen LogP contribution in [0, 0.1) is 0 Å². The average molecular weight is 528 g/mol. The van der Waals surface area contributed by atoms with E-state index < -0.39 is 0 Å². The van der Waals surface area contributed by atoms with E-state index in [1.54, 1.807) is 38.0 Å². The minimum atomic E-state index is -0.0147. The molecule has 0 aromatic rings. The summed E-state index contributed by atoms with van der Waals surface area (Å²) >= 11 is 0. The van der Waals surface area contributed by atoms with Crippen molar-refractivity contribution >= 4 is 15.8 Å². The molecule has 3 aliphatic rings. The SMILES string of the molecule is C1=CCCC=CCC1.CC[C@H]1CC[C@H](CC)[PH+]1CC[PH+]1[C@@H](CC)CC[C@@H]1CC.[Rh]. The molecule has 0 aromatic carbocycles. The van der Waals surface area contributed by atoms with Gasteiger partial charge in [-0.25, -0.2) is 0 Å². The zero-order valence-electron chi connectivity index (χ0n) is 19.9. The van der Waals surface area contributed by atoms with Crippen LogP contribution in [0.15, 0.2) is 24.3 Å². The molecule has 0 amide bonds. The molecule has 0 saturated carbocycles. The van der Waals surface area contributed by atoms with Crippen molar-refractivity contribution in [2.45, 2.75) is 127 Å². The average Bonchev–Trinajstić information content (AvgIpc) is 3.28. The number of rotatable bonds is 7. The van der Waals surface area contributed by atoms with E-state index in [1.807, 2.05) is 0 Å². The van der Waals surface area contributed by atoms with Gasteiger partial charge in [0.05, 0.1) is 35.0 Å². The Kier molecular flexibility index (Phi) is 16.0. The molecule has 0 nitrogen and oxygen atoms in total. The van der Waals surface area contributed by atoms with Gasteiger partial charge in [-0.1, -0.05) is 52.0 Å². The normalized spacial score (nSPS) is 30.3. The van der Waals surface area contributed by atoms with Gasteiger partial charge in [-0.15, -0.1) is 0 Å². The molecule has 3 heteroatoms. The molecule has 0 N–H and O–H groups in total. The van der Waals surface area contributed by atoms with Crippen LogP contribution in [0.2, 0.25) is 0 Å². The van der Waals surface area contributed by atoms with Gasteiger partial charge in [0.15, 0.2) is 0 Å². The van der Waals surface area contributed by atoms with E-state index in [0.717, 1.165) is 0 Å². The summed E-state index contributed by atoms with van der Waals surface area (Å²) in [6.07, 6.45) is 29.7. The molecule has 0 spiro atoms. The first-order chi connectivity index (χ1) is 13.7. The van der Waals surface area contributed by atoms with Crippen molar-refractivity contribution in [2.24, 2.45) is 0 Å². The molecule has 29 heavy (non-hydrogen) atoms. The van der Waals surface area contributed by atoms with Crippen molar-refractivity contribution in [3.8, 4) is 0 Å². The summed E-state index contributed by atoms with van der Waals surface area (Å²) < 4.78 is 0. The topological polar surface area (TPSA) is 0 Å². The van der Waals surface area contributed by atoms with Gasteiger partial charge in [0, 0.05) is 35.3 Å². The third kappa shape index (κ3) is 9.15. The monoisotopic (exact) mass is 527 g/mol. The standard InChI is InChI=1S/C18H36P2.C8H12.Rh/c1-5-15-9-10-16(6-2)19(15)13-14-20-17(7-3)11-12-18(20)8-4;1-2-4-6-8-7-5-3-1;/h15-18H,5-14H2,1-4H3;1-2,7-8H,3-6H2;/p+2/t15-,16-,17-,18-;;/m0../s1. The van der Waals surface area contributed by atoms with E-state index in [1.165, 1.54) is 74.0 Å². The van der Waals surface area contributed by atoms with Crippen LogP contribution in [0.25, 0.3) is 0 Å². The Morgan fingerprint density at radius 2 is 0.759 bits per heavy atom. The minimum absolute atomic E-state index is 0. The van der Waals surface area contributed by atoms with Crippen molar-refractivity contribution in [1.82, 2.24) is 0 Å². The van der Waals surface area contributed by atoms with Gasteiger partial charge in [0.2, 0.25) is 0 Å². The molecule has 3 rings (SSSR count). The van der Waals surface area contributed by atoms with Gasteiger partial charge in [-0.05, 0) is 77.0 Å². The summed E-state index contributed by atoms with van der Waals surface area (Å²) in [5, 5.41) is 0. The Morgan fingerprint density at radius 1 is 0.517 bits per heavy atom. The van der Waals surface area contributed by atoms with E-state index in [2.05, 4.69) is 52.0 Å². The first kappa shape index (κ1) is 28.0. The van der Waals surface area contributed by atoms with Gasteiger partial charge in [-0.3, -0.25) is 0 Å². The van der Waals surface area contributed by atoms with Gasteiger partial charge >= 0.3 is 0 Å². The molecule has 1 radical (unpaired) electrons. The fraction of sp³-hybridized carbons (Fsp3) is 0.846. The van der Waals surface area contributed by atoms with E-state index in [9.17, 15) is 0 Å². The van der Waals surface area contributed by atoms with Crippen molar-refractivity contribution in [3.05, 3.63) is 24.3 Å². The Morgan fingerprint density at radius 3 is 0.966 bits per heavy atom. The van der Waals surface area contributed by atoms with E-state index in [4.69, 9.17) is 0 Å². The molecular weight excluding hydrogens is 477 g/mol. The van der Waals surface area contributed by atoms with E-state index >= 15 is 0 Å². The number of hydrogen-bond acceptors (Lipinski definition) is 0. The van der Waals surface area contributed by atoms with Gasteiger partial charge in [0.1, 0.15) is 0 Å². The fourth-order valence-electron chi connectivity index (χ4n) is 6.04. The van der Waals surface area contributed by atoms with Crippen molar-refractivity contribution in [1.29, 1.82) is 0 Å². The van der Waals surface area contributed by atoms with Crippen LogP contribution in [0.5, 0.6) is 0 Å².